The van der Waals surface area contributed by atoms with Crippen molar-refractivity contribution in [1.82, 2.24) is 0 Å². The second-order valence-corrected chi connectivity index (χ2v) is 19.9. The molecule has 5 aromatic rings. The SMILES string of the molecule is C=CC(=O)OCCCCCCOc1ccc(-c2ccc(C3CCC(c4ccc(C(=O)OC)c(OC(=O)CC)c4C4CCC(c5ccc(-c6ccc(OCCCCCCOC(=O)C=C)cc6)cc5)CC4)CC3)cc2)cc1. The molecule has 10 nitrogen and oxygen atoms in total. The van der Waals surface area contributed by atoms with Gasteiger partial charge in [0.2, 0.25) is 0 Å². The summed E-state index contributed by atoms with van der Waals surface area (Å²) in [6, 6.07) is 38.5. The summed E-state index contributed by atoms with van der Waals surface area (Å²) < 4.78 is 33.5. The number of carbonyl (C=O) groups excluding carboxylic acids is 4. The van der Waals surface area contributed by atoms with Crippen molar-refractivity contribution in [2.45, 2.75) is 140 Å². The standard InChI is InChI=1S/C65H76O10/c1-5-60(66)73-44-14-10-8-12-42-71-56-36-32-52(33-37-56)48-20-16-46(17-21-48)50-24-28-54(29-25-50)58-40-41-59(65(69)70-4)64(75-62(68)7-3)63(58)55-30-26-51(27-31-55)47-18-22-49(23-19-47)53-34-38-57(39-35-53)72-43-13-9-11-15-45-74-61(67)6-2/h5-6,16-23,32-41,50-51,54-55H,1-2,7-15,24-31,42-45H2,3-4H3. The molecule has 396 valence electrons. The Bertz CT molecular complexity index is 2620. The van der Waals surface area contributed by atoms with Crippen LogP contribution in [0, 0.1) is 0 Å². The zero-order valence-electron chi connectivity index (χ0n) is 44.2. The summed E-state index contributed by atoms with van der Waals surface area (Å²) in [5.41, 5.74) is 9.84. The van der Waals surface area contributed by atoms with Gasteiger partial charge in [0.05, 0.1) is 33.5 Å². The molecule has 2 fully saturated rings. The highest BCUT2D eigenvalue weighted by Crippen LogP contribution is 2.50. The summed E-state index contributed by atoms with van der Waals surface area (Å²) in [6.07, 6.45) is 18.0. The summed E-state index contributed by atoms with van der Waals surface area (Å²) >= 11 is 0. The first kappa shape index (κ1) is 55.8. The van der Waals surface area contributed by atoms with E-state index < -0.39 is 5.97 Å². The lowest BCUT2D eigenvalue weighted by Crippen LogP contribution is -2.21. The van der Waals surface area contributed by atoms with Crippen molar-refractivity contribution in [3.8, 4) is 39.5 Å². The molecule has 0 radical (unpaired) electrons. The molecule has 0 saturated heterocycles. The number of benzene rings is 5. The predicted molar refractivity (Wildman–Crippen MR) is 296 cm³/mol. The molecule has 0 atom stereocenters. The van der Waals surface area contributed by atoms with Gasteiger partial charge >= 0.3 is 23.9 Å². The average Bonchev–Trinajstić information content (AvgIpc) is 3.46. The Morgan fingerprint density at radius 3 is 1.27 bits per heavy atom. The first-order valence-corrected chi connectivity index (χ1v) is 27.4. The fourth-order valence-corrected chi connectivity index (χ4v) is 10.8. The van der Waals surface area contributed by atoms with Gasteiger partial charge in [0, 0.05) is 24.1 Å². The minimum absolute atomic E-state index is 0.138. The molecule has 75 heavy (non-hydrogen) atoms. The molecule has 0 heterocycles. The highest BCUT2D eigenvalue weighted by Gasteiger charge is 2.34. The third kappa shape index (κ3) is 16.3. The Balaban J connectivity index is 0.931. The molecule has 0 unspecified atom stereocenters. The number of rotatable bonds is 27. The molecule has 2 saturated carbocycles. The minimum Gasteiger partial charge on any atom is -0.494 e. The van der Waals surface area contributed by atoms with E-state index in [1.54, 1.807) is 6.92 Å². The maximum atomic E-state index is 13.3. The van der Waals surface area contributed by atoms with Gasteiger partial charge in [-0.15, -0.1) is 0 Å². The van der Waals surface area contributed by atoms with Crippen molar-refractivity contribution in [3.63, 3.8) is 0 Å². The Morgan fingerprint density at radius 2 is 0.867 bits per heavy atom. The van der Waals surface area contributed by atoms with E-state index in [2.05, 4.69) is 92.0 Å². The maximum Gasteiger partial charge on any atom is 0.341 e. The van der Waals surface area contributed by atoms with Crippen molar-refractivity contribution in [2.75, 3.05) is 33.5 Å². The molecule has 5 aromatic carbocycles. The normalized spacial score (nSPS) is 17.3. The highest BCUT2D eigenvalue weighted by atomic mass is 16.5. The van der Waals surface area contributed by atoms with Gasteiger partial charge < -0.3 is 28.4 Å². The quantitative estimate of drug-likeness (QED) is 0.0165. The third-order valence-electron chi connectivity index (χ3n) is 15.0. The topological polar surface area (TPSA) is 124 Å². The molecule has 0 aliphatic heterocycles. The van der Waals surface area contributed by atoms with Crippen LogP contribution in [0.3, 0.4) is 0 Å². The van der Waals surface area contributed by atoms with Crippen LogP contribution in [-0.2, 0) is 28.6 Å². The van der Waals surface area contributed by atoms with Crippen LogP contribution in [0.15, 0.2) is 135 Å². The Labute approximate surface area is 444 Å². The van der Waals surface area contributed by atoms with Crippen LogP contribution in [0.1, 0.15) is 172 Å². The van der Waals surface area contributed by atoms with Crippen LogP contribution in [-0.4, -0.2) is 57.4 Å². The molecule has 0 N–H and O–H groups in total. The van der Waals surface area contributed by atoms with Crippen LogP contribution in [0.2, 0.25) is 0 Å². The highest BCUT2D eigenvalue weighted by molar-refractivity contribution is 5.94. The van der Waals surface area contributed by atoms with Gasteiger partial charge in [-0.3, -0.25) is 4.79 Å². The van der Waals surface area contributed by atoms with Crippen molar-refractivity contribution in [2.24, 2.45) is 0 Å². The second-order valence-electron chi connectivity index (χ2n) is 19.9. The van der Waals surface area contributed by atoms with Gasteiger partial charge in [0.25, 0.3) is 0 Å². The van der Waals surface area contributed by atoms with Crippen molar-refractivity contribution < 1.29 is 47.6 Å². The summed E-state index contributed by atoms with van der Waals surface area (Å²) in [5, 5.41) is 0. The zero-order valence-corrected chi connectivity index (χ0v) is 44.2. The van der Waals surface area contributed by atoms with Gasteiger partial charge in [0.1, 0.15) is 22.8 Å². The van der Waals surface area contributed by atoms with E-state index in [4.69, 9.17) is 28.4 Å². The van der Waals surface area contributed by atoms with E-state index in [0.29, 0.717) is 49.6 Å². The minimum atomic E-state index is -0.492. The Hall–Kier alpha value is -6.94. The van der Waals surface area contributed by atoms with E-state index in [1.165, 1.54) is 41.5 Å². The van der Waals surface area contributed by atoms with E-state index >= 15 is 0 Å². The fourth-order valence-electron chi connectivity index (χ4n) is 10.8. The summed E-state index contributed by atoms with van der Waals surface area (Å²) in [4.78, 5) is 48.7. The third-order valence-corrected chi connectivity index (χ3v) is 15.0. The second kappa shape index (κ2) is 29.2. The number of hydrogen-bond donors (Lipinski definition) is 0. The lowest BCUT2D eigenvalue weighted by molar-refractivity contribution is -0.138. The Morgan fingerprint density at radius 1 is 0.480 bits per heavy atom. The maximum absolute atomic E-state index is 13.3. The van der Waals surface area contributed by atoms with Gasteiger partial charge in [-0.2, -0.15) is 0 Å². The molecule has 7 rings (SSSR count). The van der Waals surface area contributed by atoms with Crippen LogP contribution < -0.4 is 14.2 Å². The average molecular weight is 1020 g/mol. The monoisotopic (exact) mass is 1020 g/mol. The number of methoxy groups -OCH3 is 1. The number of carbonyl (C=O) groups is 4. The van der Waals surface area contributed by atoms with Crippen molar-refractivity contribution in [3.05, 3.63) is 162 Å². The molecule has 0 amide bonds. The number of ether oxygens (including phenoxy) is 6. The largest absolute Gasteiger partial charge is 0.494 e. The molecule has 10 heteroatoms. The van der Waals surface area contributed by atoms with E-state index in [0.717, 1.165) is 136 Å². The van der Waals surface area contributed by atoms with E-state index in [1.807, 2.05) is 30.3 Å². The van der Waals surface area contributed by atoms with Crippen LogP contribution >= 0.6 is 0 Å². The molecular weight excluding hydrogens is 941 g/mol. The van der Waals surface area contributed by atoms with Gasteiger partial charge in [-0.25, -0.2) is 14.4 Å². The smallest absolute Gasteiger partial charge is 0.341 e. The first-order chi connectivity index (χ1) is 36.7. The summed E-state index contributed by atoms with van der Waals surface area (Å²) in [5.74, 6) is 1.77. The molecule has 0 aromatic heterocycles. The molecule has 0 bridgehead atoms. The Kier molecular flexibility index (Phi) is 21.7. The van der Waals surface area contributed by atoms with Gasteiger partial charge in [0.15, 0.2) is 0 Å². The lowest BCUT2D eigenvalue weighted by atomic mass is 9.70. The number of esters is 4. The molecule has 2 aliphatic rings. The first-order valence-electron chi connectivity index (χ1n) is 27.4. The van der Waals surface area contributed by atoms with Gasteiger partial charge in [-0.05, 0) is 196 Å². The number of unbranched alkanes of at least 4 members (excludes halogenated alkanes) is 6. The predicted octanol–water partition coefficient (Wildman–Crippen LogP) is 15.3. The molecule has 2 aliphatic carbocycles. The number of hydrogen-bond acceptors (Lipinski definition) is 10. The van der Waals surface area contributed by atoms with Gasteiger partial charge in [-0.1, -0.05) is 98.9 Å². The fraction of sp³-hybridized carbons (Fsp3) is 0.415. The molecule has 0 spiro atoms. The molecular formula is C65H76O10. The van der Waals surface area contributed by atoms with E-state index in [-0.39, 0.29) is 36.2 Å². The van der Waals surface area contributed by atoms with Crippen LogP contribution in [0.4, 0.5) is 0 Å². The van der Waals surface area contributed by atoms with E-state index in [9.17, 15) is 19.2 Å². The van der Waals surface area contributed by atoms with Crippen molar-refractivity contribution in [1.29, 1.82) is 0 Å². The van der Waals surface area contributed by atoms with Crippen LogP contribution in [0.25, 0.3) is 22.3 Å². The lowest BCUT2D eigenvalue weighted by Gasteiger charge is -2.35. The van der Waals surface area contributed by atoms with Crippen LogP contribution in [0.5, 0.6) is 17.2 Å². The summed E-state index contributed by atoms with van der Waals surface area (Å²) in [7, 11) is 1.38. The summed E-state index contributed by atoms with van der Waals surface area (Å²) in [6.45, 7) is 10.8. The zero-order chi connectivity index (χ0) is 52.8. The van der Waals surface area contributed by atoms with Crippen molar-refractivity contribution >= 4 is 23.9 Å².